The molecular formula is C19H24FN3OS. The number of hydrogen-bond donors (Lipinski definition) is 0. The molecule has 0 aliphatic carbocycles. The Labute approximate surface area is 152 Å². The van der Waals surface area contributed by atoms with E-state index in [-0.39, 0.29) is 17.6 Å². The van der Waals surface area contributed by atoms with Crippen LogP contribution in [0.1, 0.15) is 48.2 Å². The molecule has 1 aromatic carbocycles. The zero-order valence-corrected chi connectivity index (χ0v) is 15.6. The third kappa shape index (κ3) is 4.84. The average Bonchev–Trinajstić information content (AvgIpc) is 3.05. The molecule has 0 spiro atoms. The van der Waals surface area contributed by atoms with Crippen LogP contribution in [0.25, 0.3) is 0 Å². The fourth-order valence-corrected chi connectivity index (χ4v) is 4.34. The Bertz CT molecular complexity index is 714. The number of amides is 1. The first-order chi connectivity index (χ1) is 12.0. The topological polar surface area (TPSA) is 46.1 Å². The summed E-state index contributed by atoms with van der Waals surface area (Å²) < 4.78 is 13.0. The van der Waals surface area contributed by atoms with E-state index in [9.17, 15) is 9.18 Å². The highest BCUT2D eigenvalue weighted by molar-refractivity contribution is 7.11. The van der Waals surface area contributed by atoms with E-state index in [4.69, 9.17) is 0 Å². The minimum atomic E-state index is -0.275. The van der Waals surface area contributed by atoms with Gasteiger partial charge in [-0.2, -0.15) is 0 Å². The Balaban J connectivity index is 1.61. The molecule has 1 aromatic heterocycles. The maximum Gasteiger partial charge on any atom is 0.227 e. The smallest absolute Gasteiger partial charge is 0.227 e. The van der Waals surface area contributed by atoms with Crippen LogP contribution in [-0.2, 0) is 17.6 Å². The molecule has 0 bridgehead atoms. The van der Waals surface area contributed by atoms with Crippen molar-refractivity contribution in [2.45, 2.75) is 45.4 Å². The van der Waals surface area contributed by atoms with Crippen LogP contribution in [0, 0.1) is 11.7 Å². The molecule has 2 heterocycles. The fraction of sp³-hybridized carbons (Fsp3) is 0.526. The van der Waals surface area contributed by atoms with Gasteiger partial charge in [-0.15, -0.1) is 21.5 Å². The largest absolute Gasteiger partial charge is 0.342 e. The zero-order valence-electron chi connectivity index (χ0n) is 14.7. The van der Waals surface area contributed by atoms with Crippen molar-refractivity contribution in [1.82, 2.24) is 15.1 Å². The van der Waals surface area contributed by atoms with E-state index in [2.05, 4.69) is 24.0 Å². The van der Waals surface area contributed by atoms with Crippen molar-refractivity contribution in [3.63, 3.8) is 0 Å². The molecule has 1 aliphatic heterocycles. The number of piperidine rings is 1. The fourth-order valence-electron chi connectivity index (χ4n) is 3.16. The van der Waals surface area contributed by atoms with Crippen LogP contribution in [0.5, 0.6) is 0 Å². The highest BCUT2D eigenvalue weighted by Crippen LogP contribution is 2.30. The summed E-state index contributed by atoms with van der Waals surface area (Å²) >= 11 is 1.69. The molecule has 0 N–H and O–H groups in total. The number of aromatic nitrogens is 2. The van der Waals surface area contributed by atoms with Crippen LogP contribution in [0.15, 0.2) is 24.3 Å². The van der Waals surface area contributed by atoms with Crippen LogP contribution in [0.3, 0.4) is 0 Å². The van der Waals surface area contributed by atoms with Crippen molar-refractivity contribution < 1.29 is 9.18 Å². The quantitative estimate of drug-likeness (QED) is 0.813. The molecule has 134 valence electrons. The molecule has 3 rings (SSSR count). The summed E-state index contributed by atoms with van der Waals surface area (Å²) in [4.78, 5) is 14.5. The Hall–Kier alpha value is -1.82. The normalized spacial score (nSPS) is 17.9. The maximum atomic E-state index is 13.0. The number of carbonyl (C=O) groups is 1. The van der Waals surface area contributed by atoms with Crippen molar-refractivity contribution >= 4 is 17.2 Å². The Morgan fingerprint density at radius 1 is 1.32 bits per heavy atom. The number of nitrogens with zero attached hydrogens (tertiary/aromatic N) is 3. The van der Waals surface area contributed by atoms with E-state index in [0.29, 0.717) is 18.9 Å². The molecule has 0 saturated carbocycles. The van der Waals surface area contributed by atoms with Gasteiger partial charge in [0.2, 0.25) is 5.91 Å². The molecule has 1 aliphatic rings. The molecule has 0 radical (unpaired) electrons. The predicted octanol–water partition coefficient (Wildman–Crippen LogP) is 3.82. The van der Waals surface area contributed by atoms with Crippen LogP contribution in [-0.4, -0.2) is 34.1 Å². The van der Waals surface area contributed by atoms with Gasteiger partial charge in [0.25, 0.3) is 0 Å². The van der Waals surface area contributed by atoms with Gasteiger partial charge >= 0.3 is 0 Å². The van der Waals surface area contributed by atoms with Gasteiger partial charge in [0.15, 0.2) is 0 Å². The first-order valence-corrected chi connectivity index (χ1v) is 9.67. The first kappa shape index (κ1) is 18.0. The van der Waals surface area contributed by atoms with Crippen molar-refractivity contribution in [1.29, 1.82) is 0 Å². The second-order valence-corrected chi connectivity index (χ2v) is 8.21. The Kier molecular flexibility index (Phi) is 5.78. The summed E-state index contributed by atoms with van der Waals surface area (Å²) in [6.45, 7) is 5.85. The van der Waals surface area contributed by atoms with E-state index >= 15 is 0 Å². The lowest BCUT2D eigenvalue weighted by atomic mass is 9.98. The van der Waals surface area contributed by atoms with E-state index < -0.39 is 0 Å². The van der Waals surface area contributed by atoms with Gasteiger partial charge in [0, 0.05) is 25.4 Å². The van der Waals surface area contributed by atoms with Gasteiger partial charge in [-0.05, 0) is 36.5 Å². The zero-order chi connectivity index (χ0) is 17.8. The maximum absolute atomic E-state index is 13.0. The third-order valence-corrected chi connectivity index (χ3v) is 5.57. The van der Waals surface area contributed by atoms with Crippen LogP contribution in [0.2, 0.25) is 0 Å². The molecule has 25 heavy (non-hydrogen) atoms. The monoisotopic (exact) mass is 361 g/mol. The van der Waals surface area contributed by atoms with E-state index in [1.165, 1.54) is 12.1 Å². The number of hydrogen-bond acceptors (Lipinski definition) is 4. The lowest BCUT2D eigenvalue weighted by molar-refractivity contribution is -0.131. The lowest BCUT2D eigenvalue weighted by Gasteiger charge is -2.31. The summed E-state index contributed by atoms with van der Waals surface area (Å²) in [5.41, 5.74) is 0.851. The van der Waals surface area contributed by atoms with E-state index in [1.807, 2.05) is 4.90 Å². The lowest BCUT2D eigenvalue weighted by Crippen LogP contribution is -2.39. The van der Waals surface area contributed by atoms with Gasteiger partial charge in [0.1, 0.15) is 15.8 Å². The number of halogens is 1. The summed E-state index contributed by atoms with van der Waals surface area (Å²) in [5.74, 6) is 0.677. The third-order valence-electron chi connectivity index (χ3n) is 4.46. The highest BCUT2D eigenvalue weighted by atomic mass is 32.1. The first-order valence-electron chi connectivity index (χ1n) is 8.85. The van der Waals surface area contributed by atoms with Crippen molar-refractivity contribution in [3.8, 4) is 0 Å². The molecule has 1 unspecified atom stereocenters. The van der Waals surface area contributed by atoms with Gasteiger partial charge in [0.05, 0.1) is 6.42 Å². The molecule has 2 aromatic rings. The highest BCUT2D eigenvalue weighted by Gasteiger charge is 2.27. The second-order valence-electron chi connectivity index (χ2n) is 7.11. The number of rotatable bonds is 5. The summed E-state index contributed by atoms with van der Waals surface area (Å²) in [6.07, 6.45) is 3.31. The molecule has 1 atom stereocenters. The predicted molar refractivity (Wildman–Crippen MR) is 97.1 cm³/mol. The summed E-state index contributed by atoms with van der Waals surface area (Å²) in [7, 11) is 0. The molecule has 1 fully saturated rings. The van der Waals surface area contributed by atoms with Crippen molar-refractivity contribution in [2.75, 3.05) is 13.1 Å². The Morgan fingerprint density at radius 2 is 2.08 bits per heavy atom. The number of carbonyl (C=O) groups excluding carboxylic acids is 1. The van der Waals surface area contributed by atoms with Gasteiger partial charge < -0.3 is 4.90 Å². The second kappa shape index (κ2) is 8.04. The van der Waals surface area contributed by atoms with Crippen LogP contribution in [0.4, 0.5) is 4.39 Å². The number of benzene rings is 1. The van der Waals surface area contributed by atoms with Gasteiger partial charge in [-0.1, -0.05) is 26.0 Å². The molecule has 1 amide bonds. The van der Waals surface area contributed by atoms with E-state index in [1.54, 1.807) is 23.5 Å². The standard InChI is InChI=1S/C19H24FN3OS/c1-13(2)10-17-21-22-19(25-17)15-4-3-9-23(12-15)18(24)11-14-5-7-16(20)8-6-14/h5-8,13,15H,3-4,9-12H2,1-2H3. The molecule has 4 nitrogen and oxygen atoms in total. The van der Waals surface area contributed by atoms with Crippen molar-refractivity contribution in [2.24, 2.45) is 5.92 Å². The minimum Gasteiger partial charge on any atom is -0.342 e. The summed E-state index contributed by atoms with van der Waals surface area (Å²) in [6, 6.07) is 6.16. The average molecular weight is 361 g/mol. The number of likely N-dealkylation sites (tertiary alicyclic amines) is 1. The molecular weight excluding hydrogens is 337 g/mol. The minimum absolute atomic E-state index is 0.100. The summed E-state index contributed by atoms with van der Waals surface area (Å²) in [5, 5.41) is 10.8. The van der Waals surface area contributed by atoms with Crippen molar-refractivity contribution in [3.05, 3.63) is 45.7 Å². The molecule has 6 heteroatoms. The SMILES string of the molecule is CC(C)Cc1nnc(C2CCCN(C(=O)Cc3ccc(F)cc3)C2)s1. The molecule has 1 saturated heterocycles. The van der Waals surface area contributed by atoms with Gasteiger partial charge in [-0.25, -0.2) is 4.39 Å². The van der Waals surface area contributed by atoms with Gasteiger partial charge in [-0.3, -0.25) is 4.79 Å². The van der Waals surface area contributed by atoms with Crippen LogP contribution >= 0.6 is 11.3 Å². The Morgan fingerprint density at radius 3 is 2.80 bits per heavy atom. The van der Waals surface area contributed by atoms with E-state index in [0.717, 1.165) is 41.4 Å². The van der Waals surface area contributed by atoms with Crippen LogP contribution < -0.4 is 0 Å².